The molecule has 3 aromatic rings. The number of rotatable bonds is 4. The fourth-order valence-electron chi connectivity index (χ4n) is 2.88. The summed E-state index contributed by atoms with van der Waals surface area (Å²) in [5, 5.41) is 3.52. The summed E-state index contributed by atoms with van der Waals surface area (Å²) in [6.45, 7) is 6.71. The number of aromatic nitrogens is 1. The van der Waals surface area contributed by atoms with Gasteiger partial charge in [0.25, 0.3) is 5.91 Å². The zero-order chi connectivity index (χ0) is 18.0. The second kappa shape index (κ2) is 6.55. The largest absolute Gasteiger partial charge is 0.350 e. The van der Waals surface area contributed by atoms with Crippen molar-refractivity contribution in [3.8, 4) is 0 Å². The van der Waals surface area contributed by atoms with Crippen molar-refractivity contribution in [2.45, 2.75) is 26.2 Å². The van der Waals surface area contributed by atoms with Gasteiger partial charge in [-0.3, -0.25) is 9.59 Å². The highest BCUT2D eigenvalue weighted by molar-refractivity contribution is 5.94. The molecule has 0 unspecified atom stereocenters. The Hall–Kier alpha value is -2.88. The lowest BCUT2D eigenvalue weighted by Gasteiger charge is -2.26. The number of hydrogen-bond donors (Lipinski definition) is 2. The number of fused-ring (bicyclic) bond motifs is 1. The molecule has 4 heteroatoms. The lowest BCUT2D eigenvalue weighted by Crippen LogP contribution is -2.37. The summed E-state index contributed by atoms with van der Waals surface area (Å²) < 4.78 is 0. The van der Waals surface area contributed by atoms with Crippen LogP contribution in [0, 0.1) is 6.92 Å². The molecule has 0 saturated heterocycles. The third kappa shape index (κ3) is 3.63. The number of H-pyrrole nitrogens is 1. The summed E-state index contributed by atoms with van der Waals surface area (Å²) in [7, 11) is 0. The number of para-hydroxylation sites is 1. The molecule has 0 saturated carbocycles. The molecular formula is C21H22N2O2. The summed E-state index contributed by atoms with van der Waals surface area (Å²) in [4.78, 5) is 27.7. The zero-order valence-corrected chi connectivity index (χ0v) is 14.7. The van der Waals surface area contributed by atoms with E-state index in [1.165, 1.54) is 17.2 Å². The lowest BCUT2D eigenvalue weighted by atomic mass is 9.84. The number of amides is 1. The zero-order valence-electron chi connectivity index (χ0n) is 14.7. The van der Waals surface area contributed by atoms with Gasteiger partial charge in [0.05, 0.1) is 0 Å². The maximum Gasteiger partial charge on any atom is 0.267 e. The van der Waals surface area contributed by atoms with Crippen LogP contribution in [0.15, 0.2) is 59.4 Å². The van der Waals surface area contributed by atoms with Crippen LogP contribution in [0.4, 0.5) is 0 Å². The highest BCUT2D eigenvalue weighted by atomic mass is 16.2. The van der Waals surface area contributed by atoms with Gasteiger partial charge in [-0.2, -0.15) is 0 Å². The predicted octanol–water partition coefficient (Wildman–Crippen LogP) is 3.54. The first kappa shape index (κ1) is 17.0. The third-order valence-corrected chi connectivity index (χ3v) is 4.47. The van der Waals surface area contributed by atoms with Crippen LogP contribution in [0.5, 0.6) is 0 Å². The minimum Gasteiger partial charge on any atom is -0.350 e. The quantitative estimate of drug-likeness (QED) is 0.766. The van der Waals surface area contributed by atoms with Gasteiger partial charge in [-0.15, -0.1) is 0 Å². The number of aryl methyl sites for hydroxylation is 1. The van der Waals surface area contributed by atoms with E-state index in [-0.39, 0.29) is 22.4 Å². The fourth-order valence-corrected chi connectivity index (χ4v) is 2.88. The minimum absolute atomic E-state index is 0.155. The summed E-state index contributed by atoms with van der Waals surface area (Å²) in [6.07, 6.45) is 0. The van der Waals surface area contributed by atoms with Gasteiger partial charge >= 0.3 is 0 Å². The average molecular weight is 334 g/mol. The molecule has 128 valence electrons. The van der Waals surface area contributed by atoms with E-state index in [9.17, 15) is 9.59 Å². The highest BCUT2D eigenvalue weighted by Crippen LogP contribution is 2.23. The number of benzene rings is 2. The van der Waals surface area contributed by atoms with Gasteiger partial charge in [0, 0.05) is 28.9 Å². The Kier molecular flexibility index (Phi) is 4.45. The Morgan fingerprint density at radius 2 is 1.84 bits per heavy atom. The number of pyridine rings is 1. The number of carbonyl (C=O) groups is 1. The molecule has 2 N–H and O–H groups in total. The Labute approximate surface area is 146 Å². The molecule has 0 spiro atoms. The first-order valence-corrected chi connectivity index (χ1v) is 8.34. The summed E-state index contributed by atoms with van der Waals surface area (Å²) in [6, 6.07) is 16.8. The molecule has 0 atom stereocenters. The molecule has 25 heavy (non-hydrogen) atoms. The number of nitrogens with one attached hydrogen (secondary N) is 2. The van der Waals surface area contributed by atoms with Crippen molar-refractivity contribution in [1.29, 1.82) is 0 Å². The number of aromatic amines is 1. The summed E-state index contributed by atoms with van der Waals surface area (Å²) >= 11 is 0. The Balaban J connectivity index is 1.80. The Morgan fingerprint density at radius 3 is 2.60 bits per heavy atom. The van der Waals surface area contributed by atoms with Crippen molar-refractivity contribution in [1.82, 2.24) is 10.3 Å². The van der Waals surface area contributed by atoms with Gasteiger partial charge in [-0.25, -0.2) is 0 Å². The van der Waals surface area contributed by atoms with E-state index in [1.807, 2.05) is 18.2 Å². The third-order valence-electron chi connectivity index (χ3n) is 4.47. The van der Waals surface area contributed by atoms with Gasteiger partial charge in [0.15, 0.2) is 5.43 Å². The van der Waals surface area contributed by atoms with Crippen molar-refractivity contribution >= 4 is 16.8 Å². The first-order chi connectivity index (χ1) is 11.9. The SMILES string of the molecule is Cc1cccc(C(C)(C)CNC(=O)c2cc(=O)c3ccccc3[nH]2)c1. The van der Waals surface area contributed by atoms with Gasteiger partial charge in [-0.05, 0) is 24.6 Å². The van der Waals surface area contributed by atoms with Gasteiger partial charge in [0.2, 0.25) is 0 Å². The van der Waals surface area contributed by atoms with Crippen LogP contribution in [-0.4, -0.2) is 17.4 Å². The van der Waals surface area contributed by atoms with Crippen LogP contribution in [0.25, 0.3) is 10.9 Å². The molecule has 2 aromatic carbocycles. The molecule has 0 radical (unpaired) electrons. The molecular weight excluding hydrogens is 312 g/mol. The number of carbonyl (C=O) groups excluding carboxylic acids is 1. The molecule has 0 aliphatic heterocycles. The molecule has 0 aliphatic rings. The van der Waals surface area contributed by atoms with Crippen molar-refractivity contribution in [2.75, 3.05) is 6.54 Å². The molecule has 0 aliphatic carbocycles. The standard InChI is InChI=1S/C21H22N2O2/c1-14-7-6-8-15(11-14)21(2,3)13-22-20(25)18-12-19(24)16-9-4-5-10-17(16)23-18/h4-12H,13H2,1-3H3,(H,22,25)(H,23,24). The molecule has 1 amide bonds. The molecule has 0 fully saturated rings. The smallest absolute Gasteiger partial charge is 0.267 e. The van der Waals surface area contributed by atoms with E-state index in [2.05, 4.69) is 49.3 Å². The Bertz CT molecular complexity index is 986. The summed E-state index contributed by atoms with van der Waals surface area (Å²) in [5.41, 5.74) is 2.94. The van der Waals surface area contributed by atoms with Gasteiger partial charge in [-0.1, -0.05) is 55.8 Å². The van der Waals surface area contributed by atoms with Crippen LogP contribution in [0.2, 0.25) is 0 Å². The molecule has 1 aromatic heterocycles. The van der Waals surface area contributed by atoms with Gasteiger partial charge < -0.3 is 10.3 Å². The maximum absolute atomic E-state index is 12.5. The van der Waals surface area contributed by atoms with Crippen molar-refractivity contribution in [2.24, 2.45) is 0 Å². The van der Waals surface area contributed by atoms with E-state index in [0.717, 1.165) is 0 Å². The second-order valence-electron chi connectivity index (χ2n) is 7.03. The van der Waals surface area contributed by atoms with Crippen molar-refractivity contribution < 1.29 is 4.79 Å². The summed E-state index contributed by atoms with van der Waals surface area (Å²) in [5.74, 6) is -0.274. The molecule has 4 nitrogen and oxygen atoms in total. The lowest BCUT2D eigenvalue weighted by molar-refractivity contribution is 0.0941. The normalized spacial score (nSPS) is 11.5. The molecule has 3 rings (SSSR count). The van der Waals surface area contributed by atoms with Crippen LogP contribution < -0.4 is 10.7 Å². The van der Waals surface area contributed by atoms with Crippen LogP contribution >= 0.6 is 0 Å². The first-order valence-electron chi connectivity index (χ1n) is 8.34. The monoisotopic (exact) mass is 334 g/mol. The van der Waals surface area contributed by atoms with E-state index in [1.54, 1.807) is 12.1 Å². The van der Waals surface area contributed by atoms with Crippen LogP contribution in [0.1, 0.15) is 35.5 Å². The van der Waals surface area contributed by atoms with Crippen molar-refractivity contribution in [3.05, 3.63) is 81.6 Å². The van der Waals surface area contributed by atoms with E-state index < -0.39 is 0 Å². The Morgan fingerprint density at radius 1 is 1.08 bits per heavy atom. The van der Waals surface area contributed by atoms with E-state index in [4.69, 9.17) is 0 Å². The molecule has 0 bridgehead atoms. The predicted molar refractivity (Wildman–Crippen MR) is 101 cm³/mol. The van der Waals surface area contributed by atoms with Crippen molar-refractivity contribution in [3.63, 3.8) is 0 Å². The van der Waals surface area contributed by atoms with E-state index in [0.29, 0.717) is 17.4 Å². The van der Waals surface area contributed by atoms with Gasteiger partial charge in [0.1, 0.15) is 5.69 Å². The van der Waals surface area contributed by atoms with E-state index >= 15 is 0 Å². The average Bonchev–Trinajstić information content (AvgIpc) is 2.60. The minimum atomic E-state index is -0.274. The number of hydrogen-bond acceptors (Lipinski definition) is 2. The molecule has 1 heterocycles. The maximum atomic E-state index is 12.5. The fraction of sp³-hybridized carbons (Fsp3) is 0.238. The van der Waals surface area contributed by atoms with Crippen LogP contribution in [-0.2, 0) is 5.41 Å². The highest BCUT2D eigenvalue weighted by Gasteiger charge is 2.22. The second-order valence-corrected chi connectivity index (χ2v) is 7.03. The van der Waals surface area contributed by atoms with Crippen LogP contribution in [0.3, 0.4) is 0 Å². The topological polar surface area (TPSA) is 62.0 Å².